The quantitative estimate of drug-likeness (QED) is 0.909. The molecule has 1 unspecified atom stereocenters. The van der Waals surface area contributed by atoms with Crippen molar-refractivity contribution >= 4 is 15.9 Å². The number of hydrogen-bond donors (Lipinski definition) is 1. The minimum Gasteiger partial charge on any atom is -0.353 e. The van der Waals surface area contributed by atoms with Crippen LogP contribution in [0.4, 0.5) is 0 Å². The van der Waals surface area contributed by atoms with Crippen LogP contribution in [-0.2, 0) is 20.2 Å². The molecule has 6 heteroatoms. The predicted molar refractivity (Wildman–Crippen MR) is 95.6 cm³/mol. The van der Waals surface area contributed by atoms with Crippen molar-refractivity contribution in [3.8, 4) is 0 Å². The smallest absolute Gasteiger partial charge is 0.244 e. The first-order chi connectivity index (χ1) is 11.0. The molecule has 24 heavy (non-hydrogen) atoms. The second-order valence-electron chi connectivity index (χ2n) is 7.50. The topological polar surface area (TPSA) is 66.5 Å². The number of amides is 1. The lowest BCUT2D eigenvalue weighted by Crippen LogP contribution is -2.56. The molecule has 1 aliphatic rings. The zero-order valence-corrected chi connectivity index (χ0v) is 16.3. The van der Waals surface area contributed by atoms with E-state index in [4.69, 9.17) is 0 Å². The van der Waals surface area contributed by atoms with Gasteiger partial charge in [-0.05, 0) is 48.4 Å². The normalized spacial score (nSPS) is 20.1. The maximum Gasteiger partial charge on any atom is 0.244 e. The fourth-order valence-corrected chi connectivity index (χ4v) is 5.01. The fraction of sp³-hybridized carbons (Fsp3) is 0.611. The van der Waals surface area contributed by atoms with E-state index in [0.717, 1.165) is 16.7 Å². The maximum atomic E-state index is 13.3. The summed E-state index contributed by atoms with van der Waals surface area (Å²) in [5.74, 6) is -0.214. The van der Waals surface area contributed by atoms with Crippen LogP contribution < -0.4 is 5.32 Å². The lowest BCUT2D eigenvalue weighted by atomic mass is 9.85. The molecule has 1 aromatic rings. The third kappa shape index (κ3) is 3.35. The summed E-state index contributed by atoms with van der Waals surface area (Å²) < 4.78 is 28.0. The van der Waals surface area contributed by atoms with Crippen molar-refractivity contribution in [1.29, 1.82) is 0 Å². The van der Waals surface area contributed by atoms with E-state index >= 15 is 0 Å². The third-order valence-electron chi connectivity index (χ3n) is 4.74. The summed E-state index contributed by atoms with van der Waals surface area (Å²) >= 11 is 0. The number of carbonyl (C=O) groups excluding carboxylic acids is 1. The molecule has 1 amide bonds. The molecule has 1 fully saturated rings. The molecular formula is C18H28N2O3S. The molecule has 1 heterocycles. The first-order valence-corrected chi connectivity index (χ1v) is 9.85. The summed E-state index contributed by atoms with van der Waals surface area (Å²) in [6.45, 7) is 12.5. The SMILES string of the molecule is CCC1C(=O)NCCN1S(=O)(=O)c1cc(C(C)(C)C)cc(C)c1C. The second kappa shape index (κ2) is 6.48. The van der Waals surface area contributed by atoms with Crippen molar-refractivity contribution in [1.82, 2.24) is 9.62 Å². The van der Waals surface area contributed by atoms with Crippen LogP contribution in [0.5, 0.6) is 0 Å². The third-order valence-corrected chi connectivity index (χ3v) is 6.78. The number of hydrogen-bond acceptors (Lipinski definition) is 3. The minimum absolute atomic E-state index is 0.147. The molecule has 1 atom stereocenters. The van der Waals surface area contributed by atoms with Crippen LogP contribution in [0.1, 0.15) is 50.8 Å². The summed E-state index contributed by atoms with van der Waals surface area (Å²) in [5.41, 5.74) is 2.55. The number of piperazine rings is 1. The Morgan fingerprint density at radius 2 is 1.88 bits per heavy atom. The molecule has 0 aromatic heterocycles. The second-order valence-corrected chi connectivity index (χ2v) is 9.36. The van der Waals surface area contributed by atoms with E-state index in [1.165, 1.54) is 4.31 Å². The monoisotopic (exact) mass is 352 g/mol. The van der Waals surface area contributed by atoms with Gasteiger partial charge in [0, 0.05) is 13.1 Å². The van der Waals surface area contributed by atoms with Crippen molar-refractivity contribution in [3.05, 3.63) is 28.8 Å². The van der Waals surface area contributed by atoms with E-state index in [-0.39, 0.29) is 11.3 Å². The molecule has 1 aliphatic heterocycles. The Labute approximate surface area is 145 Å². The van der Waals surface area contributed by atoms with Gasteiger partial charge >= 0.3 is 0 Å². The number of benzene rings is 1. The lowest BCUT2D eigenvalue weighted by Gasteiger charge is -2.34. The summed E-state index contributed by atoms with van der Waals surface area (Å²) in [5, 5.41) is 2.75. The van der Waals surface area contributed by atoms with Crippen molar-refractivity contribution in [3.63, 3.8) is 0 Å². The van der Waals surface area contributed by atoms with Gasteiger partial charge in [-0.15, -0.1) is 0 Å². The molecule has 1 N–H and O–H groups in total. The number of aryl methyl sites for hydroxylation is 1. The van der Waals surface area contributed by atoms with Crippen molar-refractivity contribution < 1.29 is 13.2 Å². The largest absolute Gasteiger partial charge is 0.353 e. The predicted octanol–water partition coefficient (Wildman–Crippen LogP) is 2.50. The van der Waals surface area contributed by atoms with Crippen LogP contribution in [0.3, 0.4) is 0 Å². The van der Waals surface area contributed by atoms with Gasteiger partial charge in [-0.25, -0.2) is 8.42 Å². The van der Waals surface area contributed by atoms with Crippen LogP contribution >= 0.6 is 0 Å². The van der Waals surface area contributed by atoms with Gasteiger partial charge in [0.25, 0.3) is 0 Å². The zero-order chi connectivity index (χ0) is 18.3. The Bertz CT molecular complexity index is 748. The van der Waals surface area contributed by atoms with Crippen LogP contribution in [0.15, 0.2) is 17.0 Å². The molecular weight excluding hydrogens is 324 g/mol. The van der Waals surface area contributed by atoms with E-state index in [1.54, 1.807) is 6.07 Å². The van der Waals surface area contributed by atoms with Crippen LogP contribution in [-0.4, -0.2) is 37.8 Å². The van der Waals surface area contributed by atoms with Gasteiger partial charge in [0.05, 0.1) is 4.90 Å². The molecule has 0 saturated carbocycles. The molecule has 0 radical (unpaired) electrons. The molecule has 1 saturated heterocycles. The first-order valence-electron chi connectivity index (χ1n) is 8.41. The van der Waals surface area contributed by atoms with Gasteiger partial charge in [-0.1, -0.05) is 33.8 Å². The Morgan fingerprint density at radius 1 is 1.25 bits per heavy atom. The van der Waals surface area contributed by atoms with Gasteiger partial charge in [-0.3, -0.25) is 4.79 Å². The Kier molecular flexibility index (Phi) is 5.11. The van der Waals surface area contributed by atoms with E-state index in [0.29, 0.717) is 24.4 Å². The van der Waals surface area contributed by atoms with E-state index < -0.39 is 16.1 Å². The Hall–Kier alpha value is -1.40. The van der Waals surface area contributed by atoms with Gasteiger partial charge in [0.1, 0.15) is 6.04 Å². The van der Waals surface area contributed by atoms with Crippen molar-refractivity contribution in [2.45, 2.75) is 64.3 Å². The average Bonchev–Trinajstić information content (AvgIpc) is 2.48. The van der Waals surface area contributed by atoms with Gasteiger partial charge in [0.15, 0.2) is 0 Å². The van der Waals surface area contributed by atoms with E-state index in [2.05, 4.69) is 32.2 Å². The summed E-state index contributed by atoms with van der Waals surface area (Å²) in [6, 6.07) is 3.19. The molecule has 134 valence electrons. The van der Waals surface area contributed by atoms with Gasteiger partial charge in [-0.2, -0.15) is 4.31 Å². The highest BCUT2D eigenvalue weighted by Gasteiger charge is 2.38. The zero-order valence-electron chi connectivity index (χ0n) is 15.4. The van der Waals surface area contributed by atoms with Crippen molar-refractivity contribution in [2.75, 3.05) is 13.1 Å². The number of carbonyl (C=O) groups is 1. The summed E-state index contributed by atoms with van der Waals surface area (Å²) in [4.78, 5) is 12.4. The van der Waals surface area contributed by atoms with Gasteiger partial charge < -0.3 is 5.32 Å². The van der Waals surface area contributed by atoms with Gasteiger partial charge in [0.2, 0.25) is 15.9 Å². The molecule has 0 aliphatic carbocycles. The fourth-order valence-electron chi connectivity index (χ4n) is 3.02. The maximum absolute atomic E-state index is 13.3. The first kappa shape index (κ1) is 18.9. The Balaban J connectivity index is 2.61. The molecule has 1 aromatic carbocycles. The van der Waals surface area contributed by atoms with Crippen LogP contribution in [0, 0.1) is 13.8 Å². The highest BCUT2D eigenvalue weighted by Crippen LogP contribution is 2.31. The highest BCUT2D eigenvalue weighted by atomic mass is 32.2. The minimum atomic E-state index is -3.72. The summed E-state index contributed by atoms with van der Waals surface area (Å²) in [6.07, 6.45) is 0.460. The van der Waals surface area contributed by atoms with Crippen LogP contribution in [0.2, 0.25) is 0 Å². The number of nitrogens with one attached hydrogen (secondary N) is 1. The molecule has 5 nitrogen and oxygen atoms in total. The van der Waals surface area contributed by atoms with Crippen molar-refractivity contribution in [2.24, 2.45) is 0 Å². The van der Waals surface area contributed by atoms with E-state index in [9.17, 15) is 13.2 Å². The van der Waals surface area contributed by atoms with E-state index in [1.807, 2.05) is 20.8 Å². The molecule has 2 rings (SSSR count). The number of rotatable bonds is 3. The molecule has 0 bridgehead atoms. The Morgan fingerprint density at radius 3 is 2.42 bits per heavy atom. The highest BCUT2D eigenvalue weighted by molar-refractivity contribution is 7.89. The number of sulfonamides is 1. The average molecular weight is 353 g/mol. The lowest BCUT2D eigenvalue weighted by molar-refractivity contribution is -0.126. The number of nitrogens with zero attached hydrogens (tertiary/aromatic N) is 1. The van der Waals surface area contributed by atoms with Crippen LogP contribution in [0.25, 0.3) is 0 Å². The summed E-state index contributed by atoms with van der Waals surface area (Å²) in [7, 11) is -3.72. The standard InChI is InChI=1S/C18H28N2O3S/c1-7-15-17(21)19-8-9-20(15)24(22,23)16-11-14(18(4,5)6)10-12(2)13(16)3/h10-11,15H,7-9H2,1-6H3,(H,19,21). The molecule has 0 spiro atoms.